The lowest BCUT2D eigenvalue weighted by Gasteiger charge is -2.17. The maximum absolute atomic E-state index is 11.7. The van der Waals surface area contributed by atoms with Crippen molar-refractivity contribution in [2.75, 3.05) is 24.2 Å². The number of aromatic nitrogens is 2. The molecule has 2 rings (SSSR count). The number of hydrogen-bond acceptors (Lipinski definition) is 5. The first-order valence-corrected chi connectivity index (χ1v) is 6.93. The van der Waals surface area contributed by atoms with E-state index < -0.39 is 12.0 Å². The topological polar surface area (TPSA) is 121 Å². The van der Waals surface area contributed by atoms with Crippen molar-refractivity contribution in [2.45, 2.75) is 6.92 Å². The summed E-state index contributed by atoms with van der Waals surface area (Å²) in [5.41, 5.74) is 7.27. The summed E-state index contributed by atoms with van der Waals surface area (Å²) < 4.78 is 0. The number of nitrogens with zero attached hydrogens (tertiary/aromatic N) is 3. The molecule has 8 nitrogen and oxygen atoms in total. The Bertz CT molecular complexity index is 748. The summed E-state index contributed by atoms with van der Waals surface area (Å²) >= 11 is 0. The molecule has 0 bridgehead atoms. The van der Waals surface area contributed by atoms with Crippen molar-refractivity contribution in [2.24, 2.45) is 0 Å². The smallest absolute Gasteiger partial charge is 0.411 e. The van der Waals surface area contributed by atoms with Gasteiger partial charge in [-0.3, -0.25) is 9.69 Å². The molecule has 0 aliphatic carbocycles. The first-order valence-electron chi connectivity index (χ1n) is 6.93. The van der Waals surface area contributed by atoms with Crippen LogP contribution in [0.25, 0.3) is 11.3 Å². The van der Waals surface area contributed by atoms with Gasteiger partial charge in [0, 0.05) is 24.8 Å². The van der Waals surface area contributed by atoms with Crippen molar-refractivity contribution in [1.82, 2.24) is 15.3 Å². The number of carbonyl (C=O) groups excluding carboxylic acids is 1. The standard InChI is InChI=1S/C15H17N5O3/c1-3-20(15(22)23)10-6-4-5-9(7-10)11-8-18-13(16)12(19-11)14(21)17-2/h4-8H,3H2,1-2H3,(H2,16,18)(H,17,21)(H,22,23). The average Bonchev–Trinajstić information content (AvgIpc) is 2.55. The minimum atomic E-state index is -1.04. The second-order valence-corrected chi connectivity index (χ2v) is 4.65. The normalized spacial score (nSPS) is 10.2. The van der Waals surface area contributed by atoms with E-state index >= 15 is 0 Å². The highest BCUT2D eigenvalue weighted by atomic mass is 16.4. The van der Waals surface area contributed by atoms with Gasteiger partial charge in [-0.1, -0.05) is 12.1 Å². The Morgan fingerprint density at radius 1 is 1.39 bits per heavy atom. The number of hydrogen-bond donors (Lipinski definition) is 3. The van der Waals surface area contributed by atoms with Crippen LogP contribution >= 0.6 is 0 Å². The Kier molecular flexibility index (Phi) is 4.75. The maximum atomic E-state index is 11.7. The number of anilines is 2. The van der Waals surface area contributed by atoms with Crippen molar-refractivity contribution in [3.8, 4) is 11.3 Å². The van der Waals surface area contributed by atoms with Crippen molar-refractivity contribution in [1.29, 1.82) is 0 Å². The summed E-state index contributed by atoms with van der Waals surface area (Å²) in [6, 6.07) is 6.83. The summed E-state index contributed by atoms with van der Waals surface area (Å²) in [6.45, 7) is 2.06. The van der Waals surface area contributed by atoms with Crippen molar-refractivity contribution >= 4 is 23.5 Å². The molecule has 120 valence electrons. The summed E-state index contributed by atoms with van der Waals surface area (Å²) in [5.74, 6) is -0.404. The van der Waals surface area contributed by atoms with Crippen LogP contribution in [-0.2, 0) is 0 Å². The summed E-state index contributed by atoms with van der Waals surface area (Å²) in [5, 5.41) is 11.6. The number of amides is 2. The van der Waals surface area contributed by atoms with Gasteiger partial charge in [0.1, 0.15) is 0 Å². The molecule has 8 heteroatoms. The van der Waals surface area contributed by atoms with E-state index in [9.17, 15) is 14.7 Å². The third-order valence-electron chi connectivity index (χ3n) is 3.24. The Labute approximate surface area is 133 Å². The Hall–Kier alpha value is -3.16. The molecule has 0 aliphatic heterocycles. The molecule has 1 heterocycles. The van der Waals surface area contributed by atoms with Crippen LogP contribution in [0.3, 0.4) is 0 Å². The predicted octanol–water partition coefficient (Wildman–Crippen LogP) is 1.59. The third-order valence-corrected chi connectivity index (χ3v) is 3.24. The molecule has 2 aromatic rings. The SMILES string of the molecule is CCN(C(=O)O)c1cccc(-c2cnc(N)c(C(=O)NC)n2)c1. The van der Waals surface area contributed by atoms with Crippen molar-refractivity contribution in [3.05, 3.63) is 36.2 Å². The molecule has 0 aliphatic rings. The molecule has 0 radical (unpaired) electrons. The van der Waals surface area contributed by atoms with E-state index in [-0.39, 0.29) is 11.5 Å². The van der Waals surface area contributed by atoms with Gasteiger partial charge in [0.2, 0.25) is 0 Å². The number of benzene rings is 1. The zero-order chi connectivity index (χ0) is 17.0. The monoisotopic (exact) mass is 315 g/mol. The zero-order valence-corrected chi connectivity index (χ0v) is 12.8. The van der Waals surface area contributed by atoms with Gasteiger partial charge in [0.05, 0.1) is 11.9 Å². The van der Waals surface area contributed by atoms with Gasteiger partial charge in [-0.2, -0.15) is 0 Å². The largest absolute Gasteiger partial charge is 0.465 e. The second kappa shape index (κ2) is 6.73. The van der Waals surface area contributed by atoms with Crippen LogP contribution in [0.15, 0.2) is 30.5 Å². The Morgan fingerprint density at radius 3 is 2.74 bits per heavy atom. The minimum Gasteiger partial charge on any atom is -0.465 e. The van der Waals surface area contributed by atoms with E-state index in [1.54, 1.807) is 31.2 Å². The molecular weight excluding hydrogens is 298 g/mol. The number of carboxylic acid groups (broad SMARTS) is 1. The molecular formula is C15H17N5O3. The minimum absolute atomic E-state index is 0.0287. The molecule has 4 N–H and O–H groups in total. The molecule has 0 unspecified atom stereocenters. The first kappa shape index (κ1) is 16.2. The van der Waals surface area contributed by atoms with Crippen molar-refractivity contribution in [3.63, 3.8) is 0 Å². The number of nitrogens with one attached hydrogen (secondary N) is 1. The van der Waals surface area contributed by atoms with Crippen LogP contribution in [0, 0.1) is 0 Å². The van der Waals surface area contributed by atoms with Crippen LogP contribution in [0.4, 0.5) is 16.3 Å². The van der Waals surface area contributed by atoms with Crippen LogP contribution in [-0.4, -0.2) is 40.7 Å². The van der Waals surface area contributed by atoms with E-state index in [0.717, 1.165) is 0 Å². The lowest BCUT2D eigenvalue weighted by molar-refractivity contribution is 0.0959. The van der Waals surface area contributed by atoms with Gasteiger partial charge in [-0.25, -0.2) is 14.8 Å². The van der Waals surface area contributed by atoms with Gasteiger partial charge in [0.25, 0.3) is 5.91 Å². The van der Waals surface area contributed by atoms with E-state index in [2.05, 4.69) is 15.3 Å². The van der Waals surface area contributed by atoms with Gasteiger partial charge in [-0.05, 0) is 19.1 Å². The summed E-state index contributed by atoms with van der Waals surface area (Å²) in [4.78, 5) is 32.4. The fourth-order valence-electron chi connectivity index (χ4n) is 2.08. The highest BCUT2D eigenvalue weighted by Gasteiger charge is 2.15. The molecule has 23 heavy (non-hydrogen) atoms. The molecule has 1 aromatic heterocycles. The lowest BCUT2D eigenvalue weighted by Crippen LogP contribution is -2.28. The van der Waals surface area contributed by atoms with Gasteiger partial charge >= 0.3 is 6.09 Å². The van der Waals surface area contributed by atoms with Crippen LogP contribution in [0.2, 0.25) is 0 Å². The Balaban J connectivity index is 2.47. The van der Waals surface area contributed by atoms with Crippen LogP contribution in [0.5, 0.6) is 0 Å². The van der Waals surface area contributed by atoms with Crippen LogP contribution in [0.1, 0.15) is 17.4 Å². The van der Waals surface area contributed by atoms with E-state index in [1.165, 1.54) is 18.1 Å². The van der Waals surface area contributed by atoms with E-state index in [0.29, 0.717) is 23.5 Å². The predicted molar refractivity (Wildman–Crippen MR) is 86.3 cm³/mol. The number of carbonyl (C=O) groups is 2. The first-order chi connectivity index (χ1) is 11.0. The van der Waals surface area contributed by atoms with Gasteiger partial charge < -0.3 is 16.2 Å². The molecule has 1 aromatic carbocycles. The quantitative estimate of drug-likeness (QED) is 0.787. The average molecular weight is 315 g/mol. The number of nitrogen functional groups attached to an aromatic ring is 1. The van der Waals surface area contributed by atoms with Gasteiger partial charge in [0.15, 0.2) is 11.5 Å². The maximum Gasteiger partial charge on any atom is 0.411 e. The lowest BCUT2D eigenvalue weighted by atomic mass is 10.1. The molecule has 0 spiro atoms. The summed E-state index contributed by atoms with van der Waals surface area (Å²) in [6.07, 6.45) is 0.400. The van der Waals surface area contributed by atoms with E-state index in [4.69, 9.17) is 5.73 Å². The highest BCUT2D eigenvalue weighted by molar-refractivity contribution is 5.96. The van der Waals surface area contributed by atoms with E-state index in [1.807, 2.05) is 0 Å². The fraction of sp³-hybridized carbons (Fsp3) is 0.200. The molecule has 0 atom stereocenters. The van der Waals surface area contributed by atoms with Crippen LogP contribution < -0.4 is 16.0 Å². The molecule has 2 amide bonds. The zero-order valence-electron chi connectivity index (χ0n) is 12.8. The third kappa shape index (κ3) is 3.37. The summed E-state index contributed by atoms with van der Waals surface area (Å²) in [7, 11) is 1.47. The molecule has 0 fully saturated rings. The number of rotatable bonds is 4. The van der Waals surface area contributed by atoms with Crippen molar-refractivity contribution < 1.29 is 14.7 Å². The molecule has 0 saturated heterocycles. The highest BCUT2D eigenvalue weighted by Crippen LogP contribution is 2.24. The van der Waals surface area contributed by atoms with Gasteiger partial charge in [-0.15, -0.1) is 0 Å². The second-order valence-electron chi connectivity index (χ2n) is 4.65. The Morgan fingerprint density at radius 2 is 2.13 bits per heavy atom. The fourth-order valence-corrected chi connectivity index (χ4v) is 2.08. The number of nitrogens with two attached hydrogens (primary N) is 1. The molecule has 0 saturated carbocycles.